The van der Waals surface area contributed by atoms with Crippen LogP contribution in [0.1, 0.15) is 32.0 Å². The van der Waals surface area contributed by atoms with E-state index in [-0.39, 0.29) is 29.6 Å². The third-order valence-electron chi connectivity index (χ3n) is 4.15. The summed E-state index contributed by atoms with van der Waals surface area (Å²) in [5.74, 6) is 1.65. The summed E-state index contributed by atoms with van der Waals surface area (Å²) >= 11 is 0. The monoisotopic (exact) mass is 507 g/mol. The predicted octanol–water partition coefficient (Wildman–Crippen LogP) is 4.04. The number of hydrogen-bond donors (Lipinski definition) is 2. The van der Waals surface area contributed by atoms with Crippen LogP contribution >= 0.6 is 24.0 Å². The number of para-hydroxylation sites is 1. The van der Waals surface area contributed by atoms with Crippen LogP contribution in [0.15, 0.2) is 59.9 Å². The number of ether oxygens (including phenoxy) is 1. The van der Waals surface area contributed by atoms with E-state index in [4.69, 9.17) is 4.74 Å². The van der Waals surface area contributed by atoms with Gasteiger partial charge in [-0.3, -0.25) is 4.99 Å². The second-order valence-corrected chi connectivity index (χ2v) is 7.62. The van der Waals surface area contributed by atoms with E-state index in [1.54, 1.807) is 7.05 Å². The van der Waals surface area contributed by atoms with Crippen molar-refractivity contribution in [2.24, 2.45) is 4.99 Å². The molecule has 0 fully saturated rings. The van der Waals surface area contributed by atoms with Gasteiger partial charge in [-0.05, 0) is 39.0 Å². The number of aliphatic imine (C=N–C) groups is 1. The molecule has 0 aliphatic carbocycles. The van der Waals surface area contributed by atoms with Crippen molar-refractivity contribution in [1.29, 1.82) is 0 Å². The molecule has 0 spiro atoms. The number of aromatic nitrogens is 2. The Labute approximate surface area is 189 Å². The van der Waals surface area contributed by atoms with Crippen LogP contribution in [0.25, 0.3) is 5.65 Å². The molecule has 0 bridgehead atoms. The number of rotatable bonds is 6. The lowest BCUT2D eigenvalue weighted by molar-refractivity contribution is 0.129. The van der Waals surface area contributed by atoms with Gasteiger partial charge in [0.1, 0.15) is 17.0 Å². The summed E-state index contributed by atoms with van der Waals surface area (Å²) < 4.78 is 8.09. The average molecular weight is 507 g/mol. The number of nitrogens with one attached hydrogen (secondary N) is 2. The predicted molar refractivity (Wildman–Crippen MR) is 129 cm³/mol. The lowest BCUT2D eigenvalue weighted by Gasteiger charge is -2.23. The van der Waals surface area contributed by atoms with Crippen molar-refractivity contribution in [3.63, 3.8) is 0 Å². The quantitative estimate of drug-likeness (QED) is 0.301. The van der Waals surface area contributed by atoms with Gasteiger partial charge in [-0.2, -0.15) is 0 Å². The zero-order chi connectivity index (χ0) is 20.0. The molecule has 6 nitrogen and oxygen atoms in total. The van der Waals surface area contributed by atoms with Gasteiger partial charge >= 0.3 is 0 Å². The van der Waals surface area contributed by atoms with Gasteiger partial charge in [0.25, 0.3) is 0 Å². The molecule has 0 amide bonds. The first-order valence-electron chi connectivity index (χ1n) is 9.59. The second-order valence-electron chi connectivity index (χ2n) is 7.62. The Morgan fingerprint density at radius 3 is 2.59 bits per heavy atom. The number of benzene rings is 1. The molecular formula is C22H30IN5O. The molecule has 0 aliphatic heterocycles. The van der Waals surface area contributed by atoms with Gasteiger partial charge in [0.2, 0.25) is 0 Å². The van der Waals surface area contributed by atoms with Gasteiger partial charge in [0, 0.05) is 44.5 Å². The van der Waals surface area contributed by atoms with Crippen LogP contribution in [-0.4, -0.2) is 34.5 Å². The van der Waals surface area contributed by atoms with Crippen molar-refractivity contribution in [1.82, 2.24) is 20.0 Å². The van der Waals surface area contributed by atoms with Crippen molar-refractivity contribution >= 4 is 35.6 Å². The number of halogens is 1. The zero-order valence-corrected chi connectivity index (χ0v) is 19.8. The highest BCUT2D eigenvalue weighted by atomic mass is 127. The third kappa shape index (κ3) is 6.92. The molecular weight excluding hydrogens is 477 g/mol. The van der Waals surface area contributed by atoms with E-state index >= 15 is 0 Å². The van der Waals surface area contributed by atoms with Crippen LogP contribution in [0.2, 0.25) is 0 Å². The largest absolute Gasteiger partial charge is 0.488 e. The Hall–Kier alpha value is -2.29. The first kappa shape index (κ1) is 23.0. The smallest absolute Gasteiger partial charge is 0.191 e. The molecule has 156 valence electrons. The molecule has 29 heavy (non-hydrogen) atoms. The van der Waals surface area contributed by atoms with Crippen LogP contribution in [-0.2, 0) is 13.0 Å². The third-order valence-corrected chi connectivity index (χ3v) is 4.15. The SMILES string of the molecule is CN=C(NCCc1cn2ccccc2n1)NCc1ccccc1OC(C)(C)C.I. The van der Waals surface area contributed by atoms with Crippen molar-refractivity contribution in [3.05, 3.63) is 66.1 Å². The summed E-state index contributed by atoms with van der Waals surface area (Å²) in [4.78, 5) is 8.93. The topological polar surface area (TPSA) is 63.0 Å². The van der Waals surface area contributed by atoms with E-state index < -0.39 is 0 Å². The zero-order valence-electron chi connectivity index (χ0n) is 17.5. The fraction of sp³-hybridized carbons (Fsp3) is 0.364. The van der Waals surface area contributed by atoms with Crippen molar-refractivity contribution in [2.75, 3.05) is 13.6 Å². The Morgan fingerprint density at radius 1 is 1.10 bits per heavy atom. The molecule has 0 aliphatic rings. The Balaban J connectivity index is 0.00000300. The molecule has 3 aromatic rings. The van der Waals surface area contributed by atoms with Gasteiger partial charge in [-0.25, -0.2) is 4.98 Å². The number of imidazole rings is 1. The molecule has 7 heteroatoms. The molecule has 0 radical (unpaired) electrons. The van der Waals surface area contributed by atoms with Crippen LogP contribution in [0.5, 0.6) is 5.75 Å². The highest BCUT2D eigenvalue weighted by molar-refractivity contribution is 14.0. The summed E-state index contributed by atoms with van der Waals surface area (Å²) in [6.07, 6.45) is 4.90. The molecule has 2 N–H and O–H groups in total. The number of guanidine groups is 1. The summed E-state index contributed by atoms with van der Waals surface area (Å²) in [6, 6.07) is 14.1. The molecule has 2 aromatic heterocycles. The van der Waals surface area contributed by atoms with Gasteiger partial charge < -0.3 is 19.8 Å². The van der Waals surface area contributed by atoms with Gasteiger partial charge in [-0.1, -0.05) is 24.3 Å². The summed E-state index contributed by atoms with van der Waals surface area (Å²) in [5.41, 5.74) is 2.89. The summed E-state index contributed by atoms with van der Waals surface area (Å²) in [6.45, 7) is 7.55. The number of fused-ring (bicyclic) bond motifs is 1. The maximum absolute atomic E-state index is 6.06. The lowest BCUT2D eigenvalue weighted by atomic mass is 10.1. The molecule has 0 unspecified atom stereocenters. The minimum Gasteiger partial charge on any atom is -0.488 e. The van der Waals surface area contributed by atoms with Crippen molar-refractivity contribution in [3.8, 4) is 5.75 Å². The van der Waals surface area contributed by atoms with Crippen molar-refractivity contribution in [2.45, 2.75) is 39.3 Å². The molecule has 0 saturated heterocycles. The standard InChI is InChI=1S/C22H29N5O.HI/c1-22(2,3)28-19-10-6-5-9-17(19)15-25-21(23-4)24-13-12-18-16-27-14-8-7-11-20(27)26-18;/h5-11,14,16H,12-13,15H2,1-4H3,(H2,23,24,25);1H. The van der Waals surface area contributed by atoms with E-state index in [1.807, 2.05) is 47.0 Å². The maximum Gasteiger partial charge on any atom is 0.191 e. The van der Waals surface area contributed by atoms with Crippen LogP contribution in [0.4, 0.5) is 0 Å². The first-order chi connectivity index (χ1) is 13.4. The minimum absolute atomic E-state index is 0. The summed E-state index contributed by atoms with van der Waals surface area (Å²) in [5, 5.41) is 6.71. The Bertz CT molecular complexity index is 913. The molecule has 3 rings (SSSR count). The van der Waals surface area contributed by atoms with Crippen LogP contribution in [0, 0.1) is 0 Å². The lowest BCUT2D eigenvalue weighted by Crippen LogP contribution is -2.38. The van der Waals surface area contributed by atoms with E-state index in [2.05, 4.69) is 53.6 Å². The van der Waals surface area contributed by atoms with Crippen LogP contribution in [0.3, 0.4) is 0 Å². The Kier molecular flexibility index (Phi) is 8.31. The van der Waals surface area contributed by atoms with E-state index in [9.17, 15) is 0 Å². The number of nitrogens with zero attached hydrogens (tertiary/aromatic N) is 3. The highest BCUT2D eigenvalue weighted by Crippen LogP contribution is 2.22. The molecule has 2 heterocycles. The molecule has 1 aromatic carbocycles. The second kappa shape index (κ2) is 10.5. The normalized spacial score (nSPS) is 11.8. The first-order valence-corrected chi connectivity index (χ1v) is 9.59. The van der Waals surface area contributed by atoms with Crippen LogP contribution < -0.4 is 15.4 Å². The van der Waals surface area contributed by atoms with Gasteiger partial charge in [-0.15, -0.1) is 24.0 Å². The fourth-order valence-electron chi connectivity index (χ4n) is 2.90. The van der Waals surface area contributed by atoms with Crippen molar-refractivity contribution < 1.29 is 4.74 Å². The van der Waals surface area contributed by atoms with Gasteiger partial charge in [0.05, 0.1) is 5.69 Å². The van der Waals surface area contributed by atoms with E-state index in [0.717, 1.165) is 41.6 Å². The average Bonchev–Trinajstić information content (AvgIpc) is 3.07. The molecule has 0 atom stereocenters. The Morgan fingerprint density at radius 2 is 1.86 bits per heavy atom. The van der Waals surface area contributed by atoms with Gasteiger partial charge in [0.15, 0.2) is 5.96 Å². The number of hydrogen-bond acceptors (Lipinski definition) is 3. The summed E-state index contributed by atoms with van der Waals surface area (Å²) in [7, 11) is 1.78. The maximum atomic E-state index is 6.06. The molecule has 0 saturated carbocycles. The minimum atomic E-state index is -0.232. The van der Waals surface area contributed by atoms with E-state index in [0.29, 0.717) is 6.54 Å². The number of pyridine rings is 1. The highest BCUT2D eigenvalue weighted by Gasteiger charge is 2.14. The van der Waals surface area contributed by atoms with E-state index in [1.165, 1.54) is 0 Å². The fourth-order valence-corrected chi connectivity index (χ4v) is 2.90.